The number of carboxylic acids is 1. The van der Waals surface area contributed by atoms with Crippen molar-refractivity contribution in [3.05, 3.63) is 46.5 Å². The van der Waals surface area contributed by atoms with Gasteiger partial charge in [-0.1, -0.05) is 6.92 Å². The molecule has 100 valence electrons. The summed E-state index contributed by atoms with van der Waals surface area (Å²) in [6, 6.07) is 3.83. The van der Waals surface area contributed by atoms with Gasteiger partial charge in [-0.3, -0.25) is 0 Å². The van der Waals surface area contributed by atoms with Crippen LogP contribution in [-0.4, -0.2) is 20.9 Å². The maximum absolute atomic E-state index is 14.0. The van der Waals surface area contributed by atoms with Gasteiger partial charge in [0.15, 0.2) is 0 Å². The van der Waals surface area contributed by atoms with Crippen LogP contribution < -0.4 is 0 Å². The predicted octanol–water partition coefficient (Wildman–Crippen LogP) is 2.89. The van der Waals surface area contributed by atoms with Gasteiger partial charge in [0, 0.05) is 5.69 Å². The van der Waals surface area contributed by atoms with Crippen molar-refractivity contribution >= 4 is 5.97 Å². The van der Waals surface area contributed by atoms with E-state index in [9.17, 15) is 9.18 Å². The molecule has 0 atom stereocenters. The zero-order chi connectivity index (χ0) is 14.2. The van der Waals surface area contributed by atoms with Gasteiger partial charge in [0.2, 0.25) is 0 Å². The molecule has 0 saturated carbocycles. The highest BCUT2D eigenvalue weighted by Crippen LogP contribution is 2.21. The van der Waals surface area contributed by atoms with E-state index in [-0.39, 0.29) is 11.3 Å². The average molecular weight is 262 g/mol. The summed E-state index contributed by atoms with van der Waals surface area (Å²) in [7, 11) is 0. The molecule has 0 saturated heterocycles. The largest absolute Gasteiger partial charge is 0.478 e. The number of benzene rings is 1. The molecule has 0 unspecified atom stereocenters. The van der Waals surface area contributed by atoms with Crippen LogP contribution in [0.4, 0.5) is 4.39 Å². The van der Waals surface area contributed by atoms with Gasteiger partial charge in [0.1, 0.15) is 11.5 Å². The van der Waals surface area contributed by atoms with Gasteiger partial charge in [-0.25, -0.2) is 13.9 Å². The highest BCUT2D eigenvalue weighted by Gasteiger charge is 2.15. The van der Waals surface area contributed by atoms with Gasteiger partial charge in [0.25, 0.3) is 0 Å². The number of halogens is 1. The molecule has 19 heavy (non-hydrogen) atoms. The molecule has 2 aromatic rings. The van der Waals surface area contributed by atoms with E-state index in [0.717, 1.165) is 29.4 Å². The fourth-order valence-corrected chi connectivity index (χ4v) is 2.23. The number of hydrogen-bond acceptors (Lipinski definition) is 2. The van der Waals surface area contributed by atoms with Crippen LogP contribution in [0.25, 0.3) is 5.69 Å². The van der Waals surface area contributed by atoms with Crippen LogP contribution in [0.2, 0.25) is 0 Å². The molecule has 5 heteroatoms. The summed E-state index contributed by atoms with van der Waals surface area (Å²) >= 11 is 0. The molecular formula is C14H15FN2O2. The second-order valence-corrected chi connectivity index (χ2v) is 4.39. The molecule has 2 rings (SSSR count). The molecular weight excluding hydrogens is 247 g/mol. The monoisotopic (exact) mass is 262 g/mol. The fourth-order valence-electron chi connectivity index (χ4n) is 2.23. The van der Waals surface area contributed by atoms with E-state index in [1.165, 1.54) is 16.8 Å². The van der Waals surface area contributed by atoms with Gasteiger partial charge in [-0.15, -0.1) is 0 Å². The highest BCUT2D eigenvalue weighted by molar-refractivity contribution is 5.87. The summed E-state index contributed by atoms with van der Waals surface area (Å²) in [5.74, 6) is -1.73. The molecule has 1 aromatic carbocycles. The number of hydrogen-bond donors (Lipinski definition) is 1. The average Bonchev–Trinajstić information content (AvgIpc) is 2.64. The lowest BCUT2D eigenvalue weighted by Crippen LogP contribution is -2.05. The standard InChI is InChI=1S/C14H15FN2O2/c1-4-11-8(2)16-17(9(11)3)13-6-5-10(14(18)19)7-12(13)15/h5-7H,4H2,1-3H3,(H,18,19). The molecule has 4 nitrogen and oxygen atoms in total. The Labute approximate surface area is 110 Å². The Kier molecular flexibility index (Phi) is 3.38. The Balaban J connectivity index is 2.57. The molecule has 0 aliphatic carbocycles. The Morgan fingerprint density at radius 2 is 2.11 bits per heavy atom. The Bertz CT molecular complexity index is 647. The van der Waals surface area contributed by atoms with Crippen molar-refractivity contribution in [2.24, 2.45) is 0 Å². The maximum Gasteiger partial charge on any atom is 0.335 e. The lowest BCUT2D eigenvalue weighted by Gasteiger charge is -2.07. The minimum absolute atomic E-state index is 0.0708. The summed E-state index contributed by atoms with van der Waals surface area (Å²) in [5, 5.41) is 13.1. The molecule has 0 aliphatic heterocycles. The highest BCUT2D eigenvalue weighted by atomic mass is 19.1. The second kappa shape index (κ2) is 4.84. The quantitative estimate of drug-likeness (QED) is 0.925. The summed E-state index contributed by atoms with van der Waals surface area (Å²) in [6.07, 6.45) is 0.826. The number of aromatic carboxylic acids is 1. The fraction of sp³-hybridized carbons (Fsp3) is 0.286. The van der Waals surface area contributed by atoms with Crippen LogP contribution in [0.15, 0.2) is 18.2 Å². The van der Waals surface area contributed by atoms with Crippen LogP contribution in [0.1, 0.15) is 34.2 Å². The Morgan fingerprint density at radius 3 is 2.58 bits per heavy atom. The number of carbonyl (C=O) groups is 1. The first-order valence-corrected chi connectivity index (χ1v) is 6.04. The topological polar surface area (TPSA) is 55.1 Å². The molecule has 1 N–H and O–H groups in total. The number of aromatic nitrogens is 2. The summed E-state index contributed by atoms with van der Waals surface area (Å²) in [4.78, 5) is 10.8. The third-order valence-corrected chi connectivity index (χ3v) is 3.22. The smallest absolute Gasteiger partial charge is 0.335 e. The van der Waals surface area contributed by atoms with Crippen molar-refractivity contribution < 1.29 is 14.3 Å². The van der Waals surface area contributed by atoms with E-state index in [1.54, 1.807) is 0 Å². The van der Waals surface area contributed by atoms with E-state index < -0.39 is 11.8 Å². The van der Waals surface area contributed by atoms with E-state index in [4.69, 9.17) is 5.11 Å². The van der Waals surface area contributed by atoms with Gasteiger partial charge in [0.05, 0.1) is 11.3 Å². The van der Waals surface area contributed by atoms with Crippen molar-refractivity contribution in [3.8, 4) is 5.69 Å². The number of nitrogens with zero attached hydrogens (tertiary/aromatic N) is 2. The minimum Gasteiger partial charge on any atom is -0.478 e. The van der Waals surface area contributed by atoms with E-state index in [1.807, 2.05) is 20.8 Å². The lowest BCUT2D eigenvalue weighted by molar-refractivity contribution is 0.0696. The van der Waals surface area contributed by atoms with Crippen LogP contribution >= 0.6 is 0 Å². The zero-order valence-corrected chi connectivity index (χ0v) is 11.1. The van der Waals surface area contributed by atoms with Crippen LogP contribution in [0, 0.1) is 19.7 Å². The number of carboxylic acid groups (broad SMARTS) is 1. The first-order chi connectivity index (χ1) is 8.95. The van der Waals surface area contributed by atoms with Crippen molar-refractivity contribution in [1.82, 2.24) is 9.78 Å². The molecule has 0 fully saturated rings. The van der Waals surface area contributed by atoms with E-state index in [0.29, 0.717) is 0 Å². The summed E-state index contributed by atoms with van der Waals surface area (Å²) in [5.41, 5.74) is 3.02. The third-order valence-electron chi connectivity index (χ3n) is 3.22. The minimum atomic E-state index is -1.15. The maximum atomic E-state index is 14.0. The number of rotatable bonds is 3. The third kappa shape index (κ3) is 2.23. The molecule has 0 radical (unpaired) electrons. The van der Waals surface area contributed by atoms with Crippen molar-refractivity contribution in [1.29, 1.82) is 0 Å². The van der Waals surface area contributed by atoms with E-state index in [2.05, 4.69) is 5.10 Å². The first kappa shape index (κ1) is 13.3. The van der Waals surface area contributed by atoms with Crippen LogP contribution in [0.5, 0.6) is 0 Å². The molecule has 0 aliphatic rings. The van der Waals surface area contributed by atoms with Crippen molar-refractivity contribution in [2.45, 2.75) is 27.2 Å². The lowest BCUT2D eigenvalue weighted by atomic mass is 10.1. The van der Waals surface area contributed by atoms with Gasteiger partial charge < -0.3 is 5.11 Å². The molecule has 0 bridgehead atoms. The van der Waals surface area contributed by atoms with E-state index >= 15 is 0 Å². The van der Waals surface area contributed by atoms with Gasteiger partial charge in [-0.2, -0.15) is 5.10 Å². The summed E-state index contributed by atoms with van der Waals surface area (Å²) < 4.78 is 15.5. The van der Waals surface area contributed by atoms with Gasteiger partial charge >= 0.3 is 5.97 Å². The molecule has 0 spiro atoms. The first-order valence-electron chi connectivity index (χ1n) is 6.04. The molecule has 1 aromatic heterocycles. The molecule has 0 amide bonds. The zero-order valence-electron chi connectivity index (χ0n) is 11.1. The molecule has 1 heterocycles. The van der Waals surface area contributed by atoms with Gasteiger partial charge in [-0.05, 0) is 44.0 Å². The van der Waals surface area contributed by atoms with Crippen molar-refractivity contribution in [2.75, 3.05) is 0 Å². The summed E-state index contributed by atoms with van der Waals surface area (Å²) in [6.45, 7) is 5.78. The Hall–Kier alpha value is -2.17. The SMILES string of the molecule is CCc1c(C)nn(-c2ccc(C(=O)O)cc2F)c1C. The number of aryl methyl sites for hydroxylation is 1. The van der Waals surface area contributed by atoms with Crippen molar-refractivity contribution in [3.63, 3.8) is 0 Å². The predicted molar refractivity (Wildman–Crippen MR) is 69.3 cm³/mol. The Morgan fingerprint density at radius 1 is 1.42 bits per heavy atom. The van der Waals surface area contributed by atoms with Crippen LogP contribution in [-0.2, 0) is 6.42 Å². The second-order valence-electron chi connectivity index (χ2n) is 4.39. The normalized spacial score (nSPS) is 10.7. The van der Waals surface area contributed by atoms with Crippen LogP contribution in [0.3, 0.4) is 0 Å².